The largest absolute Gasteiger partial charge is 0.497 e. The summed E-state index contributed by atoms with van der Waals surface area (Å²) in [4.78, 5) is 57.8. The van der Waals surface area contributed by atoms with Gasteiger partial charge in [0.05, 0.1) is 13.0 Å². The summed E-state index contributed by atoms with van der Waals surface area (Å²) in [7, 11) is 1.54. The molecule has 2 saturated heterocycles. The average molecular weight is 472 g/mol. The molecule has 2 aliphatic rings. The zero-order valence-corrected chi connectivity index (χ0v) is 19.2. The molecular weight excluding hydrogens is 446 g/mol. The summed E-state index contributed by atoms with van der Waals surface area (Å²) in [5.74, 6) is -0.807. The lowest BCUT2D eigenvalue weighted by Crippen LogP contribution is -2.49. The van der Waals surface area contributed by atoms with E-state index in [2.05, 4.69) is 15.6 Å². The molecule has 5 amide bonds. The van der Waals surface area contributed by atoms with Crippen molar-refractivity contribution < 1.29 is 23.9 Å². The molecule has 3 heterocycles. The van der Waals surface area contributed by atoms with Crippen molar-refractivity contribution in [2.75, 3.05) is 32.1 Å². The van der Waals surface area contributed by atoms with Crippen LogP contribution in [0.4, 0.5) is 9.93 Å². The van der Waals surface area contributed by atoms with Crippen LogP contribution in [0.5, 0.6) is 5.75 Å². The second-order valence-electron chi connectivity index (χ2n) is 8.18. The molecule has 1 aromatic carbocycles. The lowest BCUT2D eigenvalue weighted by Gasteiger charge is -2.32. The fourth-order valence-electron chi connectivity index (χ4n) is 4.11. The Bertz CT molecular complexity index is 1060. The number of methoxy groups -OCH3 is 1. The first kappa shape index (κ1) is 22.7. The van der Waals surface area contributed by atoms with E-state index in [1.807, 2.05) is 0 Å². The fraction of sp³-hybridized carbons (Fsp3) is 0.409. The van der Waals surface area contributed by atoms with Crippen molar-refractivity contribution in [1.82, 2.24) is 20.1 Å². The van der Waals surface area contributed by atoms with Crippen molar-refractivity contribution in [3.63, 3.8) is 0 Å². The summed E-state index contributed by atoms with van der Waals surface area (Å²) in [6, 6.07) is 6.20. The Morgan fingerprint density at radius 3 is 2.73 bits per heavy atom. The highest BCUT2D eigenvalue weighted by atomic mass is 32.1. The molecule has 2 aromatic rings. The van der Waals surface area contributed by atoms with Crippen LogP contribution in [-0.2, 0) is 19.9 Å². The third kappa shape index (κ3) is 4.54. The Balaban J connectivity index is 1.40. The second kappa shape index (κ2) is 9.18. The molecule has 1 aromatic heterocycles. The van der Waals surface area contributed by atoms with E-state index >= 15 is 0 Å². The number of aromatic nitrogens is 1. The Morgan fingerprint density at radius 2 is 2.06 bits per heavy atom. The third-order valence-electron chi connectivity index (χ3n) is 6.04. The molecule has 11 heteroatoms. The average Bonchev–Trinajstić information content (AvgIpc) is 3.41. The maximum Gasteiger partial charge on any atom is 0.325 e. The molecule has 4 rings (SSSR count). The molecule has 0 spiro atoms. The number of rotatable bonds is 6. The van der Waals surface area contributed by atoms with Crippen LogP contribution in [0.1, 0.15) is 25.3 Å². The van der Waals surface area contributed by atoms with Crippen molar-refractivity contribution in [1.29, 1.82) is 0 Å². The van der Waals surface area contributed by atoms with Gasteiger partial charge in [-0.3, -0.25) is 19.3 Å². The molecule has 0 saturated carbocycles. The summed E-state index contributed by atoms with van der Waals surface area (Å²) >= 11 is 1.32. The van der Waals surface area contributed by atoms with Gasteiger partial charge in [-0.2, -0.15) is 0 Å². The maximum absolute atomic E-state index is 13.1. The lowest BCUT2D eigenvalue weighted by molar-refractivity contribution is -0.140. The van der Waals surface area contributed by atoms with Crippen molar-refractivity contribution in [2.24, 2.45) is 5.92 Å². The van der Waals surface area contributed by atoms with E-state index in [-0.39, 0.29) is 30.8 Å². The number of hydrogen-bond donors (Lipinski definition) is 2. The molecule has 33 heavy (non-hydrogen) atoms. The summed E-state index contributed by atoms with van der Waals surface area (Å²) in [5.41, 5.74) is -0.685. The third-order valence-corrected chi connectivity index (χ3v) is 6.73. The van der Waals surface area contributed by atoms with Gasteiger partial charge in [0, 0.05) is 24.7 Å². The minimum atomic E-state index is -1.28. The molecule has 0 aliphatic carbocycles. The first-order valence-corrected chi connectivity index (χ1v) is 11.5. The summed E-state index contributed by atoms with van der Waals surface area (Å²) < 4.78 is 5.14. The van der Waals surface area contributed by atoms with Crippen LogP contribution in [0.15, 0.2) is 35.8 Å². The topological polar surface area (TPSA) is 121 Å². The van der Waals surface area contributed by atoms with Gasteiger partial charge in [0.2, 0.25) is 11.8 Å². The number of piperidine rings is 1. The Morgan fingerprint density at radius 1 is 1.30 bits per heavy atom. The molecule has 174 valence electrons. The van der Waals surface area contributed by atoms with Crippen molar-refractivity contribution >= 4 is 40.2 Å². The molecule has 0 radical (unpaired) electrons. The molecule has 2 atom stereocenters. The molecule has 10 nitrogen and oxygen atoms in total. The molecule has 2 aliphatic heterocycles. The number of carbonyl (C=O) groups excluding carboxylic acids is 4. The first-order valence-electron chi connectivity index (χ1n) is 10.6. The summed E-state index contributed by atoms with van der Waals surface area (Å²) in [6.07, 6.45) is 2.92. The SMILES string of the molecule is COc1ccc(C2(C)NC(=O)N(CC(=O)N3CCCC(C(=O)Nc4nccs4)C3)C2=O)cc1. The van der Waals surface area contributed by atoms with Crippen LogP contribution in [0.3, 0.4) is 0 Å². The van der Waals surface area contributed by atoms with Gasteiger partial charge < -0.3 is 20.3 Å². The smallest absolute Gasteiger partial charge is 0.325 e. The predicted octanol–water partition coefficient (Wildman–Crippen LogP) is 1.80. The molecule has 2 N–H and O–H groups in total. The number of anilines is 1. The summed E-state index contributed by atoms with van der Waals surface area (Å²) in [6.45, 7) is 1.94. The van der Waals surface area contributed by atoms with Gasteiger partial charge in [0.1, 0.15) is 17.8 Å². The zero-order valence-electron chi connectivity index (χ0n) is 18.4. The van der Waals surface area contributed by atoms with E-state index in [4.69, 9.17) is 4.74 Å². The van der Waals surface area contributed by atoms with Crippen molar-refractivity contribution in [2.45, 2.75) is 25.3 Å². The highest BCUT2D eigenvalue weighted by Crippen LogP contribution is 2.30. The standard InChI is InChI=1S/C22H25N5O5S/c1-22(15-5-7-16(32-2)8-6-15)19(30)27(21(31)25-22)13-17(28)26-10-3-4-14(12-26)18(29)24-20-23-9-11-33-20/h5-9,11,14H,3-4,10,12-13H2,1-2H3,(H,25,31)(H,23,24,29). The number of amides is 5. The Labute approximate surface area is 194 Å². The van der Waals surface area contributed by atoms with E-state index in [9.17, 15) is 19.2 Å². The van der Waals surface area contributed by atoms with Gasteiger partial charge in [-0.25, -0.2) is 9.78 Å². The summed E-state index contributed by atoms with van der Waals surface area (Å²) in [5, 5.41) is 7.75. The van der Waals surface area contributed by atoms with Gasteiger partial charge in [-0.05, 0) is 37.5 Å². The molecule has 0 bridgehead atoms. The van der Waals surface area contributed by atoms with Crippen molar-refractivity contribution in [3.05, 3.63) is 41.4 Å². The second-order valence-corrected chi connectivity index (χ2v) is 9.07. The van der Waals surface area contributed by atoms with Crippen LogP contribution >= 0.6 is 11.3 Å². The number of nitrogens with one attached hydrogen (secondary N) is 2. The van der Waals surface area contributed by atoms with E-state index in [1.165, 1.54) is 11.3 Å². The van der Waals surface area contributed by atoms with Gasteiger partial charge in [-0.1, -0.05) is 12.1 Å². The van der Waals surface area contributed by atoms with Crippen LogP contribution in [0.2, 0.25) is 0 Å². The Kier molecular flexibility index (Phi) is 6.32. The quantitative estimate of drug-likeness (QED) is 0.620. The van der Waals surface area contributed by atoms with E-state index < -0.39 is 17.5 Å². The van der Waals surface area contributed by atoms with Crippen LogP contribution in [-0.4, -0.2) is 65.3 Å². The van der Waals surface area contributed by atoms with Crippen LogP contribution < -0.4 is 15.4 Å². The number of thiazole rings is 1. The number of ether oxygens (including phenoxy) is 1. The van der Waals surface area contributed by atoms with Gasteiger partial charge >= 0.3 is 6.03 Å². The van der Waals surface area contributed by atoms with E-state index in [0.717, 1.165) is 4.90 Å². The molecule has 2 fully saturated rings. The number of carbonyl (C=O) groups is 4. The highest BCUT2D eigenvalue weighted by molar-refractivity contribution is 7.13. The number of nitrogens with zero attached hydrogens (tertiary/aromatic N) is 3. The number of likely N-dealkylation sites (tertiary alicyclic amines) is 1. The van der Waals surface area contributed by atoms with Gasteiger partial charge in [0.25, 0.3) is 5.91 Å². The van der Waals surface area contributed by atoms with Gasteiger partial charge in [0.15, 0.2) is 5.13 Å². The lowest BCUT2D eigenvalue weighted by atomic mass is 9.92. The van der Waals surface area contributed by atoms with Crippen LogP contribution in [0, 0.1) is 5.92 Å². The molecule has 2 unspecified atom stereocenters. The Hall–Kier alpha value is -3.47. The minimum Gasteiger partial charge on any atom is -0.497 e. The predicted molar refractivity (Wildman–Crippen MR) is 121 cm³/mol. The number of urea groups is 1. The molecular formula is C22H25N5O5S. The van der Waals surface area contributed by atoms with Crippen molar-refractivity contribution in [3.8, 4) is 5.75 Å². The fourth-order valence-corrected chi connectivity index (χ4v) is 4.64. The zero-order chi connectivity index (χ0) is 23.6. The number of hydrogen-bond acceptors (Lipinski definition) is 7. The number of imide groups is 1. The number of benzene rings is 1. The normalized spacial score (nSPS) is 22.8. The highest BCUT2D eigenvalue weighted by Gasteiger charge is 2.49. The van der Waals surface area contributed by atoms with Gasteiger partial charge in [-0.15, -0.1) is 11.3 Å². The minimum absolute atomic E-state index is 0.190. The first-order chi connectivity index (χ1) is 15.8. The van der Waals surface area contributed by atoms with E-state index in [0.29, 0.717) is 35.8 Å². The monoisotopic (exact) mass is 471 g/mol. The maximum atomic E-state index is 13.1. The van der Waals surface area contributed by atoms with E-state index in [1.54, 1.807) is 54.8 Å². The van der Waals surface area contributed by atoms with Crippen LogP contribution in [0.25, 0.3) is 0 Å².